The Morgan fingerprint density at radius 1 is 0.464 bits per heavy atom. The summed E-state index contributed by atoms with van der Waals surface area (Å²) in [5.41, 5.74) is 5.46. The highest BCUT2D eigenvalue weighted by Crippen LogP contribution is 2.36. The fourth-order valence-corrected chi connectivity index (χ4v) is 3.99. The van der Waals surface area contributed by atoms with Gasteiger partial charge in [-0.05, 0) is 35.0 Å². The molecule has 28 heavy (non-hydrogen) atoms. The van der Waals surface area contributed by atoms with Crippen molar-refractivity contribution in [1.29, 1.82) is 0 Å². The number of nitrogens with zero attached hydrogens (tertiary/aromatic N) is 2. The summed E-state index contributed by atoms with van der Waals surface area (Å²) >= 11 is 0. The fourth-order valence-electron chi connectivity index (χ4n) is 3.99. The fraction of sp³-hybridized carbons (Fsp3) is 0. The second kappa shape index (κ2) is 5.79. The molecule has 6 rings (SSSR count). The third-order valence-corrected chi connectivity index (χ3v) is 5.26. The molecule has 0 saturated heterocycles. The summed E-state index contributed by atoms with van der Waals surface area (Å²) in [7, 11) is 0. The van der Waals surface area contributed by atoms with Crippen molar-refractivity contribution in [3.63, 3.8) is 0 Å². The van der Waals surface area contributed by atoms with Crippen LogP contribution in [0.3, 0.4) is 0 Å². The van der Waals surface area contributed by atoms with Gasteiger partial charge in [0.2, 0.25) is 0 Å². The zero-order chi connectivity index (χ0) is 18.5. The van der Waals surface area contributed by atoms with Gasteiger partial charge in [-0.1, -0.05) is 48.5 Å². The van der Waals surface area contributed by atoms with Gasteiger partial charge in [0, 0.05) is 23.2 Å². The Kier molecular flexibility index (Phi) is 3.14. The molecule has 0 amide bonds. The van der Waals surface area contributed by atoms with Crippen molar-refractivity contribution < 1.29 is 0 Å². The molecule has 0 aliphatic rings. The molecular weight excluding hydrogens is 344 g/mol. The molecule has 0 unspecified atom stereocenters. The standard InChI is InChI=1S/C24H16N4/c1-3-9-17-15(7-1)16-8-2-4-10-18(16)22-21(17)27-23(19-11-5-13-25-19)24(28-22)20-12-6-14-26-20/h1-14,25-26H. The van der Waals surface area contributed by atoms with Crippen LogP contribution in [0.15, 0.2) is 85.2 Å². The van der Waals surface area contributed by atoms with Gasteiger partial charge in [0.15, 0.2) is 0 Å². The minimum atomic E-state index is 0.848. The smallest absolute Gasteiger partial charge is 0.115 e. The van der Waals surface area contributed by atoms with E-state index in [1.54, 1.807) is 0 Å². The predicted molar refractivity (Wildman–Crippen MR) is 114 cm³/mol. The Morgan fingerprint density at radius 2 is 0.893 bits per heavy atom. The van der Waals surface area contributed by atoms with Crippen molar-refractivity contribution in [3.05, 3.63) is 85.2 Å². The number of rotatable bonds is 2. The molecule has 132 valence electrons. The van der Waals surface area contributed by atoms with Crippen LogP contribution in [-0.2, 0) is 0 Å². The van der Waals surface area contributed by atoms with Gasteiger partial charge < -0.3 is 9.97 Å². The van der Waals surface area contributed by atoms with Gasteiger partial charge in [0.25, 0.3) is 0 Å². The third-order valence-electron chi connectivity index (χ3n) is 5.26. The predicted octanol–water partition coefficient (Wildman–Crippen LogP) is 5.93. The maximum Gasteiger partial charge on any atom is 0.115 e. The maximum atomic E-state index is 5.14. The number of benzene rings is 3. The molecule has 0 atom stereocenters. The molecule has 4 heteroatoms. The summed E-state index contributed by atoms with van der Waals surface area (Å²) in [4.78, 5) is 16.9. The van der Waals surface area contributed by atoms with E-state index in [1.165, 1.54) is 10.8 Å². The topological polar surface area (TPSA) is 57.4 Å². The largest absolute Gasteiger partial charge is 0.360 e. The Hall–Kier alpha value is -3.92. The van der Waals surface area contributed by atoms with Crippen molar-refractivity contribution in [2.45, 2.75) is 0 Å². The molecular formula is C24H16N4. The summed E-state index contributed by atoms with van der Waals surface area (Å²) < 4.78 is 0. The van der Waals surface area contributed by atoms with E-state index in [2.05, 4.69) is 58.5 Å². The first-order valence-corrected chi connectivity index (χ1v) is 9.29. The van der Waals surface area contributed by atoms with E-state index in [1.807, 2.05) is 36.7 Å². The Labute approximate surface area is 160 Å². The SMILES string of the molecule is c1c[nH]c(-c2nc3c4ccccc4c4ccccc4c3nc2-c2ccc[nH]2)c1. The first-order valence-electron chi connectivity index (χ1n) is 9.29. The van der Waals surface area contributed by atoms with Gasteiger partial charge in [-0.2, -0.15) is 0 Å². The zero-order valence-electron chi connectivity index (χ0n) is 15.0. The summed E-state index contributed by atoms with van der Waals surface area (Å²) in [6.45, 7) is 0. The minimum absolute atomic E-state index is 0.848. The number of fused-ring (bicyclic) bond motifs is 6. The van der Waals surface area contributed by atoms with E-state index in [4.69, 9.17) is 9.97 Å². The molecule has 3 aromatic heterocycles. The molecule has 2 N–H and O–H groups in total. The van der Waals surface area contributed by atoms with E-state index in [0.717, 1.165) is 44.6 Å². The molecule has 0 aliphatic carbocycles. The monoisotopic (exact) mass is 360 g/mol. The highest BCUT2D eigenvalue weighted by atomic mass is 14.9. The van der Waals surface area contributed by atoms with Gasteiger partial charge in [-0.25, -0.2) is 9.97 Å². The third kappa shape index (κ3) is 2.12. The van der Waals surface area contributed by atoms with Crippen LogP contribution in [0.2, 0.25) is 0 Å². The van der Waals surface area contributed by atoms with Crippen molar-refractivity contribution >= 4 is 32.6 Å². The number of hydrogen-bond donors (Lipinski definition) is 2. The van der Waals surface area contributed by atoms with Gasteiger partial charge in [0.05, 0.1) is 22.4 Å². The lowest BCUT2D eigenvalue weighted by molar-refractivity contribution is 1.25. The number of H-pyrrole nitrogens is 2. The lowest BCUT2D eigenvalue weighted by Crippen LogP contribution is -1.97. The van der Waals surface area contributed by atoms with Crippen LogP contribution in [0.25, 0.3) is 55.4 Å². The molecule has 0 saturated carbocycles. The van der Waals surface area contributed by atoms with Crippen LogP contribution in [0.5, 0.6) is 0 Å². The van der Waals surface area contributed by atoms with Gasteiger partial charge >= 0.3 is 0 Å². The van der Waals surface area contributed by atoms with Crippen LogP contribution in [0.1, 0.15) is 0 Å². The summed E-state index contributed by atoms with van der Waals surface area (Å²) in [6.07, 6.45) is 3.83. The average molecular weight is 360 g/mol. The van der Waals surface area contributed by atoms with E-state index < -0.39 is 0 Å². The highest BCUT2D eigenvalue weighted by Gasteiger charge is 2.18. The number of aromatic amines is 2. The molecule has 0 radical (unpaired) electrons. The summed E-state index contributed by atoms with van der Waals surface area (Å²) in [5.74, 6) is 0. The van der Waals surface area contributed by atoms with Gasteiger partial charge in [-0.15, -0.1) is 0 Å². The zero-order valence-corrected chi connectivity index (χ0v) is 15.0. The van der Waals surface area contributed by atoms with E-state index >= 15 is 0 Å². The second-order valence-corrected chi connectivity index (χ2v) is 6.88. The average Bonchev–Trinajstić information content (AvgIpc) is 3.47. The number of nitrogens with one attached hydrogen (secondary N) is 2. The molecule has 0 spiro atoms. The van der Waals surface area contributed by atoms with Crippen LogP contribution in [0.4, 0.5) is 0 Å². The highest BCUT2D eigenvalue weighted by molar-refractivity contribution is 6.23. The van der Waals surface area contributed by atoms with Crippen molar-refractivity contribution in [2.24, 2.45) is 0 Å². The summed E-state index contributed by atoms with van der Waals surface area (Å²) in [5, 5.41) is 4.64. The molecule has 0 bridgehead atoms. The van der Waals surface area contributed by atoms with Gasteiger partial charge in [-0.3, -0.25) is 0 Å². The molecule has 0 fully saturated rings. The lowest BCUT2D eigenvalue weighted by Gasteiger charge is -2.13. The molecule has 0 aliphatic heterocycles. The van der Waals surface area contributed by atoms with Crippen molar-refractivity contribution in [3.8, 4) is 22.8 Å². The van der Waals surface area contributed by atoms with E-state index in [9.17, 15) is 0 Å². The number of hydrogen-bond acceptors (Lipinski definition) is 2. The molecule has 4 nitrogen and oxygen atoms in total. The van der Waals surface area contributed by atoms with Crippen LogP contribution in [0, 0.1) is 0 Å². The van der Waals surface area contributed by atoms with E-state index in [-0.39, 0.29) is 0 Å². The van der Waals surface area contributed by atoms with Gasteiger partial charge in [0.1, 0.15) is 11.4 Å². The summed E-state index contributed by atoms with van der Waals surface area (Å²) in [6, 6.07) is 24.9. The van der Waals surface area contributed by atoms with Crippen LogP contribution < -0.4 is 0 Å². The Balaban J connectivity index is 1.86. The van der Waals surface area contributed by atoms with Crippen LogP contribution >= 0.6 is 0 Å². The second-order valence-electron chi connectivity index (χ2n) is 6.88. The van der Waals surface area contributed by atoms with Crippen LogP contribution in [-0.4, -0.2) is 19.9 Å². The molecule has 3 heterocycles. The molecule has 6 aromatic rings. The minimum Gasteiger partial charge on any atom is -0.360 e. The van der Waals surface area contributed by atoms with Crippen molar-refractivity contribution in [2.75, 3.05) is 0 Å². The lowest BCUT2D eigenvalue weighted by atomic mass is 9.99. The van der Waals surface area contributed by atoms with Crippen molar-refractivity contribution in [1.82, 2.24) is 19.9 Å². The maximum absolute atomic E-state index is 5.14. The number of aromatic nitrogens is 4. The Bertz CT molecular complexity index is 1330. The van der Waals surface area contributed by atoms with E-state index in [0.29, 0.717) is 0 Å². The molecule has 3 aromatic carbocycles. The first kappa shape index (κ1) is 15.2. The normalized spacial score (nSPS) is 11.6. The first-order chi connectivity index (χ1) is 13.9. The quantitative estimate of drug-likeness (QED) is 0.376. The Morgan fingerprint density at radius 3 is 1.29 bits per heavy atom.